The molecule has 0 radical (unpaired) electrons. The molecule has 2 rings (SSSR count). The topological polar surface area (TPSA) is 144 Å². The predicted octanol–water partition coefficient (Wildman–Crippen LogP) is -0.0142. The number of hydrogen-bond donors (Lipinski definition) is 1. The summed E-state index contributed by atoms with van der Waals surface area (Å²) in [6.45, 7) is 4.26. The normalized spacial score (nSPS) is 28.5. The van der Waals surface area contributed by atoms with E-state index in [0.29, 0.717) is 12.8 Å². The zero-order valence-corrected chi connectivity index (χ0v) is 17.4. The molecule has 11 heteroatoms. The van der Waals surface area contributed by atoms with Crippen molar-refractivity contribution in [3.05, 3.63) is 0 Å². The van der Waals surface area contributed by atoms with Crippen LogP contribution in [0.25, 0.3) is 0 Å². The molecular formula is C19H27NO10. The van der Waals surface area contributed by atoms with E-state index in [1.165, 1.54) is 6.92 Å². The van der Waals surface area contributed by atoms with Gasteiger partial charge in [-0.25, -0.2) is 0 Å². The third-order valence-electron chi connectivity index (χ3n) is 4.77. The van der Waals surface area contributed by atoms with Gasteiger partial charge in [-0.2, -0.15) is 0 Å². The molecule has 0 aromatic rings. The molecule has 30 heavy (non-hydrogen) atoms. The van der Waals surface area contributed by atoms with E-state index in [1.54, 1.807) is 0 Å². The number of rotatable bonds is 7. The molecule has 1 amide bonds. The molecule has 1 unspecified atom stereocenters. The van der Waals surface area contributed by atoms with Crippen LogP contribution < -0.4 is 5.32 Å². The van der Waals surface area contributed by atoms with Crippen molar-refractivity contribution in [1.82, 2.24) is 5.32 Å². The van der Waals surface area contributed by atoms with Gasteiger partial charge in [-0.15, -0.1) is 0 Å². The zero-order chi connectivity index (χ0) is 22.4. The van der Waals surface area contributed by atoms with Gasteiger partial charge in [-0.05, 0) is 12.8 Å². The Balaban J connectivity index is 2.36. The number of carbonyl (C=O) groups is 5. The van der Waals surface area contributed by atoms with E-state index in [-0.39, 0.29) is 18.4 Å². The molecule has 1 N–H and O–H groups in total. The molecule has 2 fully saturated rings. The molecule has 1 aliphatic heterocycles. The van der Waals surface area contributed by atoms with E-state index in [1.807, 2.05) is 0 Å². The highest BCUT2D eigenvalue weighted by Crippen LogP contribution is 2.30. The average molecular weight is 429 g/mol. The van der Waals surface area contributed by atoms with Crippen LogP contribution in [0.4, 0.5) is 0 Å². The van der Waals surface area contributed by atoms with Crippen molar-refractivity contribution in [2.75, 3.05) is 6.61 Å². The number of amides is 1. The summed E-state index contributed by atoms with van der Waals surface area (Å²) in [6.07, 6.45) is -2.60. The Bertz CT molecular complexity index is 689. The van der Waals surface area contributed by atoms with Crippen molar-refractivity contribution in [2.24, 2.45) is 5.92 Å². The van der Waals surface area contributed by atoms with Crippen LogP contribution >= 0.6 is 0 Å². The minimum Gasteiger partial charge on any atom is -0.463 e. The number of esters is 4. The fourth-order valence-electron chi connectivity index (χ4n) is 3.27. The second kappa shape index (κ2) is 10.4. The predicted molar refractivity (Wildman–Crippen MR) is 97.4 cm³/mol. The van der Waals surface area contributed by atoms with Crippen molar-refractivity contribution in [2.45, 2.75) is 77.6 Å². The van der Waals surface area contributed by atoms with Crippen molar-refractivity contribution in [1.29, 1.82) is 0 Å². The molecular weight excluding hydrogens is 402 g/mol. The largest absolute Gasteiger partial charge is 0.463 e. The minimum absolute atomic E-state index is 0.216. The van der Waals surface area contributed by atoms with Gasteiger partial charge in [-0.3, -0.25) is 24.0 Å². The number of nitrogens with one attached hydrogen (secondary N) is 1. The summed E-state index contributed by atoms with van der Waals surface area (Å²) >= 11 is 0. The van der Waals surface area contributed by atoms with E-state index in [2.05, 4.69) is 5.32 Å². The van der Waals surface area contributed by atoms with Crippen LogP contribution in [0.2, 0.25) is 0 Å². The summed E-state index contributed by atoms with van der Waals surface area (Å²) in [7, 11) is 0. The first-order chi connectivity index (χ1) is 14.1. The van der Waals surface area contributed by atoms with E-state index in [9.17, 15) is 24.0 Å². The molecule has 1 saturated heterocycles. The van der Waals surface area contributed by atoms with Crippen molar-refractivity contribution < 1.29 is 47.7 Å². The van der Waals surface area contributed by atoms with E-state index in [0.717, 1.165) is 27.2 Å². The summed E-state index contributed by atoms with van der Waals surface area (Å²) in [5, 5.41) is 2.70. The zero-order valence-electron chi connectivity index (χ0n) is 17.4. The molecule has 0 aromatic carbocycles. The fourth-order valence-corrected chi connectivity index (χ4v) is 3.27. The maximum Gasteiger partial charge on any atom is 0.305 e. The molecule has 1 saturated carbocycles. The second-order valence-corrected chi connectivity index (χ2v) is 7.27. The molecule has 1 aliphatic carbocycles. The van der Waals surface area contributed by atoms with Gasteiger partial charge in [0.05, 0.1) is 0 Å². The quantitative estimate of drug-likeness (QED) is 0.433. The van der Waals surface area contributed by atoms with Gasteiger partial charge in [0.15, 0.2) is 12.2 Å². The summed E-state index contributed by atoms with van der Waals surface area (Å²) in [5.41, 5.74) is 0. The van der Waals surface area contributed by atoms with Gasteiger partial charge < -0.3 is 29.0 Å². The third-order valence-corrected chi connectivity index (χ3v) is 4.77. The van der Waals surface area contributed by atoms with E-state index in [4.69, 9.17) is 23.7 Å². The van der Waals surface area contributed by atoms with Crippen LogP contribution in [0, 0.1) is 5.92 Å². The lowest BCUT2D eigenvalue weighted by Crippen LogP contribution is -2.67. The Hall–Kier alpha value is -2.69. The number of hydrogen-bond acceptors (Lipinski definition) is 10. The molecule has 2 aliphatic rings. The average Bonchev–Trinajstić information content (AvgIpc) is 2.55. The van der Waals surface area contributed by atoms with Crippen molar-refractivity contribution >= 4 is 29.8 Å². The molecule has 0 aromatic heterocycles. The lowest BCUT2D eigenvalue weighted by atomic mass is 9.84. The van der Waals surface area contributed by atoms with Gasteiger partial charge in [0.1, 0.15) is 18.8 Å². The molecule has 0 bridgehead atoms. The lowest BCUT2D eigenvalue weighted by molar-refractivity contribution is -0.271. The second-order valence-electron chi connectivity index (χ2n) is 7.27. The van der Waals surface area contributed by atoms with Crippen LogP contribution in [0.5, 0.6) is 0 Å². The summed E-state index contributed by atoms with van der Waals surface area (Å²) < 4.78 is 26.5. The van der Waals surface area contributed by atoms with Gasteiger partial charge >= 0.3 is 23.9 Å². The van der Waals surface area contributed by atoms with Crippen LogP contribution in [-0.4, -0.2) is 67.0 Å². The molecule has 1 heterocycles. The summed E-state index contributed by atoms with van der Waals surface area (Å²) in [6, 6.07) is -1.14. The summed E-state index contributed by atoms with van der Waals surface area (Å²) in [4.78, 5) is 58.9. The van der Waals surface area contributed by atoms with Crippen molar-refractivity contribution in [3.63, 3.8) is 0 Å². The Labute approximate surface area is 173 Å². The Morgan fingerprint density at radius 3 is 1.87 bits per heavy atom. The minimum atomic E-state index is -1.36. The molecule has 5 atom stereocenters. The van der Waals surface area contributed by atoms with Gasteiger partial charge in [0.25, 0.3) is 0 Å². The smallest absolute Gasteiger partial charge is 0.305 e. The van der Waals surface area contributed by atoms with Gasteiger partial charge in [0, 0.05) is 33.6 Å². The maximum absolute atomic E-state index is 12.6. The first-order valence-electron chi connectivity index (χ1n) is 9.69. The first kappa shape index (κ1) is 23.6. The lowest BCUT2D eigenvalue weighted by Gasteiger charge is -2.45. The fraction of sp³-hybridized carbons (Fsp3) is 0.737. The Kier molecular flexibility index (Phi) is 8.16. The van der Waals surface area contributed by atoms with Crippen molar-refractivity contribution in [3.8, 4) is 0 Å². The standard InChI is InChI=1S/C19H27NO10/c1-9(21)26-8-14-16(27-10(2)22)17(28-11(3)23)15(19(30-14)29-12(4)24)20-18(25)13-6-5-7-13/h13-17,19H,5-8H2,1-4H3,(H,20,25)/t14-,15-,16+,17-,19?/m1/s1. The first-order valence-corrected chi connectivity index (χ1v) is 9.69. The van der Waals surface area contributed by atoms with Gasteiger partial charge in [-0.1, -0.05) is 6.42 Å². The van der Waals surface area contributed by atoms with Crippen LogP contribution in [0.1, 0.15) is 47.0 Å². The highest BCUT2D eigenvalue weighted by molar-refractivity contribution is 5.80. The number of carbonyl (C=O) groups excluding carboxylic acids is 5. The van der Waals surface area contributed by atoms with Gasteiger partial charge in [0.2, 0.25) is 12.2 Å². The molecule has 0 spiro atoms. The Morgan fingerprint density at radius 1 is 0.833 bits per heavy atom. The molecule has 168 valence electrons. The van der Waals surface area contributed by atoms with Crippen LogP contribution in [-0.2, 0) is 47.7 Å². The van der Waals surface area contributed by atoms with Crippen LogP contribution in [0.3, 0.4) is 0 Å². The van der Waals surface area contributed by atoms with E-state index >= 15 is 0 Å². The maximum atomic E-state index is 12.6. The monoisotopic (exact) mass is 429 g/mol. The highest BCUT2D eigenvalue weighted by Gasteiger charge is 2.52. The SMILES string of the molecule is CC(=O)OC[C@H]1OC(OC(C)=O)[C@H](NC(=O)C2CCC2)[C@@H](OC(C)=O)[C@H]1OC(C)=O. The van der Waals surface area contributed by atoms with E-state index < -0.39 is 54.5 Å². The highest BCUT2D eigenvalue weighted by atomic mass is 16.7. The van der Waals surface area contributed by atoms with Crippen LogP contribution in [0.15, 0.2) is 0 Å². The number of ether oxygens (including phenoxy) is 5. The molecule has 11 nitrogen and oxygen atoms in total. The Morgan fingerprint density at radius 2 is 1.40 bits per heavy atom. The third kappa shape index (κ3) is 6.41. The summed E-state index contributed by atoms with van der Waals surface area (Å²) in [5.74, 6) is -3.27.